The standard InChI is InChI=1S/C17H27N3O2/c1-3-4-14-11-18-17(19-12-14)20(2)10-9-13-5-7-15(8-6-13)16(21)22/h11-13,15H,3-10H2,1-2H3,(H,21,22). The van der Waals surface area contributed by atoms with Gasteiger partial charge in [0.1, 0.15) is 0 Å². The SMILES string of the molecule is CCCc1cnc(N(C)CCC2CCC(C(=O)O)CC2)nc1. The van der Waals surface area contributed by atoms with E-state index in [0.29, 0.717) is 5.92 Å². The van der Waals surface area contributed by atoms with E-state index in [1.165, 1.54) is 5.56 Å². The van der Waals surface area contributed by atoms with Crippen molar-refractivity contribution < 1.29 is 9.90 Å². The molecule has 0 amide bonds. The van der Waals surface area contributed by atoms with Crippen LogP contribution in [0.1, 0.15) is 51.0 Å². The predicted octanol–water partition coefficient (Wildman–Crippen LogP) is 3.15. The summed E-state index contributed by atoms with van der Waals surface area (Å²) < 4.78 is 0. The van der Waals surface area contributed by atoms with Crippen LogP contribution in [0, 0.1) is 11.8 Å². The highest BCUT2D eigenvalue weighted by molar-refractivity contribution is 5.69. The van der Waals surface area contributed by atoms with Crippen LogP contribution in [-0.4, -0.2) is 34.6 Å². The Kier molecular flexibility index (Phi) is 6.16. The predicted molar refractivity (Wildman–Crippen MR) is 87.0 cm³/mol. The summed E-state index contributed by atoms with van der Waals surface area (Å²) in [5.74, 6) is 0.663. The molecule has 0 atom stereocenters. The van der Waals surface area contributed by atoms with Crippen molar-refractivity contribution >= 4 is 11.9 Å². The Morgan fingerprint density at radius 1 is 1.27 bits per heavy atom. The molecule has 1 aromatic rings. The van der Waals surface area contributed by atoms with Gasteiger partial charge in [-0.15, -0.1) is 0 Å². The number of aliphatic carboxylic acids is 1. The quantitative estimate of drug-likeness (QED) is 0.838. The van der Waals surface area contributed by atoms with E-state index in [1.807, 2.05) is 19.4 Å². The van der Waals surface area contributed by atoms with E-state index < -0.39 is 5.97 Å². The lowest BCUT2D eigenvalue weighted by atomic mass is 9.80. The molecule has 1 heterocycles. The zero-order valence-corrected chi connectivity index (χ0v) is 13.7. The van der Waals surface area contributed by atoms with Crippen molar-refractivity contribution in [2.75, 3.05) is 18.5 Å². The Balaban J connectivity index is 1.75. The molecule has 1 aromatic heterocycles. The topological polar surface area (TPSA) is 66.3 Å². The first kappa shape index (κ1) is 16.7. The van der Waals surface area contributed by atoms with E-state index in [-0.39, 0.29) is 5.92 Å². The molecule has 5 nitrogen and oxygen atoms in total. The van der Waals surface area contributed by atoms with E-state index in [0.717, 1.165) is 57.4 Å². The zero-order chi connectivity index (χ0) is 15.9. The highest BCUT2D eigenvalue weighted by Crippen LogP contribution is 2.31. The van der Waals surface area contributed by atoms with Crippen LogP contribution in [0.3, 0.4) is 0 Å². The first-order valence-corrected chi connectivity index (χ1v) is 8.35. The summed E-state index contributed by atoms with van der Waals surface area (Å²) in [7, 11) is 2.03. The summed E-state index contributed by atoms with van der Waals surface area (Å²) in [6.45, 7) is 3.08. The fraction of sp³-hybridized carbons (Fsp3) is 0.706. The average molecular weight is 305 g/mol. The normalized spacial score (nSPS) is 21.5. The van der Waals surface area contributed by atoms with Crippen molar-refractivity contribution in [3.8, 4) is 0 Å². The zero-order valence-electron chi connectivity index (χ0n) is 13.7. The second kappa shape index (κ2) is 8.11. The summed E-state index contributed by atoms with van der Waals surface area (Å²) in [5.41, 5.74) is 1.19. The van der Waals surface area contributed by atoms with Crippen molar-refractivity contribution in [2.45, 2.75) is 51.9 Å². The first-order valence-electron chi connectivity index (χ1n) is 8.35. The van der Waals surface area contributed by atoms with Crippen molar-refractivity contribution in [3.63, 3.8) is 0 Å². The number of carbonyl (C=O) groups is 1. The van der Waals surface area contributed by atoms with Gasteiger partial charge in [-0.2, -0.15) is 0 Å². The van der Waals surface area contributed by atoms with E-state index in [2.05, 4.69) is 21.8 Å². The molecule has 0 spiro atoms. The first-order chi connectivity index (χ1) is 10.6. The Morgan fingerprint density at radius 3 is 2.45 bits per heavy atom. The van der Waals surface area contributed by atoms with E-state index in [4.69, 9.17) is 5.11 Å². The van der Waals surface area contributed by atoms with Crippen molar-refractivity contribution in [1.82, 2.24) is 9.97 Å². The van der Waals surface area contributed by atoms with Gasteiger partial charge in [-0.05, 0) is 50.0 Å². The Labute approximate surface area is 132 Å². The van der Waals surface area contributed by atoms with Crippen LogP contribution in [0.15, 0.2) is 12.4 Å². The average Bonchev–Trinajstić information content (AvgIpc) is 2.54. The molecule has 0 saturated heterocycles. The van der Waals surface area contributed by atoms with Crippen molar-refractivity contribution in [1.29, 1.82) is 0 Å². The van der Waals surface area contributed by atoms with E-state index in [9.17, 15) is 4.79 Å². The van der Waals surface area contributed by atoms with Gasteiger partial charge in [0, 0.05) is 26.0 Å². The number of carboxylic acids is 1. The Morgan fingerprint density at radius 2 is 1.91 bits per heavy atom. The van der Waals surface area contributed by atoms with E-state index >= 15 is 0 Å². The molecule has 1 aliphatic carbocycles. The fourth-order valence-electron chi connectivity index (χ4n) is 3.14. The Hall–Kier alpha value is -1.65. The minimum Gasteiger partial charge on any atom is -0.481 e. The Bertz CT molecular complexity index is 467. The highest BCUT2D eigenvalue weighted by atomic mass is 16.4. The fourth-order valence-corrected chi connectivity index (χ4v) is 3.14. The van der Waals surface area contributed by atoms with Gasteiger partial charge in [0.25, 0.3) is 0 Å². The molecule has 0 bridgehead atoms. The van der Waals surface area contributed by atoms with E-state index in [1.54, 1.807) is 0 Å². The van der Waals surface area contributed by atoms with Crippen LogP contribution in [0.25, 0.3) is 0 Å². The number of aryl methyl sites for hydroxylation is 1. The van der Waals surface area contributed by atoms with Crippen molar-refractivity contribution in [3.05, 3.63) is 18.0 Å². The summed E-state index contributed by atoms with van der Waals surface area (Å²) in [5, 5.41) is 9.03. The maximum atomic E-state index is 11.0. The number of aromatic nitrogens is 2. The third-order valence-corrected chi connectivity index (χ3v) is 4.64. The number of nitrogens with zero attached hydrogens (tertiary/aromatic N) is 3. The lowest BCUT2D eigenvalue weighted by Crippen LogP contribution is -2.26. The number of anilines is 1. The van der Waals surface area contributed by atoms with Gasteiger partial charge in [0.15, 0.2) is 0 Å². The summed E-state index contributed by atoms with van der Waals surface area (Å²) in [6.07, 6.45) is 10.8. The van der Waals surface area contributed by atoms with Gasteiger partial charge < -0.3 is 10.0 Å². The molecule has 2 rings (SSSR count). The number of carboxylic acid groups (broad SMARTS) is 1. The molecule has 1 fully saturated rings. The maximum Gasteiger partial charge on any atom is 0.306 e. The molecular formula is C17H27N3O2. The van der Waals surface area contributed by atoms with Crippen LogP contribution < -0.4 is 4.90 Å². The van der Waals surface area contributed by atoms with Crippen LogP contribution >= 0.6 is 0 Å². The number of hydrogen-bond acceptors (Lipinski definition) is 4. The molecule has 1 N–H and O–H groups in total. The van der Waals surface area contributed by atoms with Crippen molar-refractivity contribution in [2.24, 2.45) is 11.8 Å². The lowest BCUT2D eigenvalue weighted by molar-refractivity contribution is -0.143. The second-order valence-electron chi connectivity index (χ2n) is 6.41. The van der Waals surface area contributed by atoms with Gasteiger partial charge in [0.2, 0.25) is 5.95 Å². The van der Waals surface area contributed by atoms with Crippen LogP contribution in [0.4, 0.5) is 5.95 Å². The molecule has 5 heteroatoms. The minimum absolute atomic E-state index is 0.122. The van der Waals surface area contributed by atoms with Gasteiger partial charge in [-0.3, -0.25) is 4.79 Å². The molecule has 0 radical (unpaired) electrons. The monoisotopic (exact) mass is 305 g/mol. The molecule has 0 aromatic carbocycles. The third kappa shape index (κ3) is 4.68. The smallest absolute Gasteiger partial charge is 0.306 e. The minimum atomic E-state index is -0.629. The molecule has 122 valence electrons. The molecule has 1 aliphatic rings. The molecule has 1 saturated carbocycles. The van der Waals surface area contributed by atoms with Gasteiger partial charge in [-0.1, -0.05) is 13.3 Å². The molecule has 22 heavy (non-hydrogen) atoms. The summed E-state index contributed by atoms with van der Waals surface area (Å²) >= 11 is 0. The highest BCUT2D eigenvalue weighted by Gasteiger charge is 2.25. The molecule has 0 unspecified atom stereocenters. The number of rotatable bonds is 7. The van der Waals surface area contributed by atoms with Crippen LogP contribution in [0.5, 0.6) is 0 Å². The van der Waals surface area contributed by atoms with Gasteiger partial charge in [-0.25, -0.2) is 9.97 Å². The van der Waals surface area contributed by atoms with Gasteiger partial charge in [0.05, 0.1) is 5.92 Å². The maximum absolute atomic E-state index is 11.0. The van der Waals surface area contributed by atoms with Crippen LogP contribution in [-0.2, 0) is 11.2 Å². The summed E-state index contributed by atoms with van der Waals surface area (Å²) in [6, 6.07) is 0. The van der Waals surface area contributed by atoms with Crippen LogP contribution in [0.2, 0.25) is 0 Å². The second-order valence-corrected chi connectivity index (χ2v) is 6.41. The lowest BCUT2D eigenvalue weighted by Gasteiger charge is -2.27. The summed E-state index contributed by atoms with van der Waals surface area (Å²) in [4.78, 5) is 21.9. The third-order valence-electron chi connectivity index (χ3n) is 4.64. The largest absolute Gasteiger partial charge is 0.481 e. The molecule has 0 aliphatic heterocycles. The molecular weight excluding hydrogens is 278 g/mol. The van der Waals surface area contributed by atoms with Gasteiger partial charge >= 0.3 is 5.97 Å². The number of hydrogen-bond donors (Lipinski definition) is 1.